The molecule has 4 aromatic rings. The molecule has 0 radical (unpaired) electrons. The topological polar surface area (TPSA) is 86.4 Å². The zero-order valence-corrected chi connectivity index (χ0v) is 20.4. The predicted octanol–water partition coefficient (Wildman–Crippen LogP) is 3.68. The summed E-state index contributed by atoms with van der Waals surface area (Å²) in [6, 6.07) is 9.36. The molecule has 1 saturated heterocycles. The van der Waals surface area contributed by atoms with Gasteiger partial charge in [-0.1, -0.05) is 6.07 Å². The third-order valence-electron chi connectivity index (χ3n) is 6.35. The van der Waals surface area contributed by atoms with Gasteiger partial charge in [-0.25, -0.2) is 4.98 Å². The summed E-state index contributed by atoms with van der Waals surface area (Å²) in [6.45, 7) is 0.478. The highest BCUT2D eigenvalue weighted by molar-refractivity contribution is 6.00. The minimum absolute atomic E-state index is 0.0709. The number of fused-ring (bicyclic) bond motifs is 1. The average molecular weight is 515 g/mol. The second-order valence-corrected chi connectivity index (χ2v) is 8.93. The Morgan fingerprint density at radius 3 is 2.43 bits per heavy atom. The van der Waals surface area contributed by atoms with Crippen molar-refractivity contribution in [1.82, 2.24) is 29.5 Å². The number of rotatable bonds is 7. The molecule has 1 N–H and O–H groups in total. The van der Waals surface area contributed by atoms with Crippen molar-refractivity contribution in [3.05, 3.63) is 54.6 Å². The van der Waals surface area contributed by atoms with E-state index >= 15 is 0 Å². The largest absolute Gasteiger partial charge is 0.496 e. The van der Waals surface area contributed by atoms with Crippen LogP contribution in [0.1, 0.15) is 16.4 Å². The van der Waals surface area contributed by atoms with Crippen molar-refractivity contribution >= 4 is 16.9 Å². The van der Waals surface area contributed by atoms with Gasteiger partial charge in [0.15, 0.2) is 0 Å². The van der Waals surface area contributed by atoms with Crippen LogP contribution in [-0.2, 0) is 0 Å². The highest BCUT2D eigenvalue weighted by Gasteiger charge is 2.30. The van der Waals surface area contributed by atoms with Crippen LogP contribution in [-0.4, -0.2) is 77.2 Å². The van der Waals surface area contributed by atoms with Crippen LogP contribution in [0.2, 0.25) is 0 Å². The Labute approximate surface area is 210 Å². The van der Waals surface area contributed by atoms with Gasteiger partial charge in [0.1, 0.15) is 29.9 Å². The number of methoxy groups -OCH3 is 2. The Kier molecular flexibility index (Phi) is 6.28. The van der Waals surface area contributed by atoms with Gasteiger partial charge in [-0.3, -0.25) is 14.0 Å². The Balaban J connectivity index is 1.46. The molecule has 12 heteroatoms. The number of aromatic nitrogens is 4. The molecule has 1 aliphatic rings. The lowest BCUT2D eigenvalue weighted by atomic mass is 10.1. The molecule has 2 aromatic heterocycles. The number of carbonyl (C=O) groups excluding carboxylic acids is 1. The lowest BCUT2D eigenvalue weighted by Gasteiger charge is -2.36. The molecule has 0 saturated carbocycles. The number of likely N-dealkylation sites (N-methyl/N-ethyl adjacent to an activating group) is 1. The maximum atomic E-state index is 12.6. The summed E-state index contributed by atoms with van der Waals surface area (Å²) in [6.07, 6.45) is 0.958. The number of halogens is 3. The number of hydrogen-bond donors (Lipinski definition) is 1. The van der Waals surface area contributed by atoms with Gasteiger partial charge in [0.05, 0.1) is 43.2 Å². The van der Waals surface area contributed by atoms with Crippen molar-refractivity contribution in [3.63, 3.8) is 0 Å². The number of carbonyl (C=O) groups is 1. The Morgan fingerprint density at radius 2 is 1.81 bits per heavy atom. The second-order valence-electron chi connectivity index (χ2n) is 8.93. The Bertz CT molecular complexity index is 1430. The first-order valence-electron chi connectivity index (χ1n) is 11.5. The van der Waals surface area contributed by atoms with Crippen LogP contribution >= 0.6 is 0 Å². The quantitative estimate of drug-likeness (QED) is 0.405. The van der Waals surface area contributed by atoms with Gasteiger partial charge in [0.25, 0.3) is 5.91 Å². The molecule has 0 unspecified atom stereocenters. The Hall–Kier alpha value is -4.06. The molecule has 0 spiro atoms. The van der Waals surface area contributed by atoms with Crippen LogP contribution in [0, 0.1) is 0 Å². The molecule has 0 atom stereocenters. The van der Waals surface area contributed by atoms with Crippen molar-refractivity contribution in [2.75, 3.05) is 40.9 Å². The third kappa shape index (κ3) is 4.84. The fourth-order valence-corrected chi connectivity index (χ4v) is 4.45. The first kappa shape index (κ1) is 24.6. The lowest BCUT2D eigenvalue weighted by molar-refractivity contribution is -0.123. The van der Waals surface area contributed by atoms with Crippen molar-refractivity contribution in [2.45, 2.75) is 12.2 Å². The van der Waals surface area contributed by atoms with E-state index in [0.29, 0.717) is 11.7 Å². The maximum Gasteiger partial charge on any atom is 0.405 e. The van der Waals surface area contributed by atoms with Gasteiger partial charge in [-0.2, -0.15) is 18.3 Å². The minimum atomic E-state index is -4.54. The number of nitrogens with one attached hydrogen (secondary N) is 1. The molecular weight excluding hydrogens is 489 g/mol. The molecule has 37 heavy (non-hydrogen) atoms. The van der Waals surface area contributed by atoms with E-state index in [0.717, 1.165) is 35.2 Å². The number of alkyl halides is 3. The van der Waals surface area contributed by atoms with E-state index in [4.69, 9.17) is 9.47 Å². The number of benzene rings is 2. The molecule has 3 heterocycles. The van der Waals surface area contributed by atoms with Crippen molar-refractivity contribution in [2.24, 2.45) is 0 Å². The first-order valence-corrected chi connectivity index (χ1v) is 11.5. The van der Waals surface area contributed by atoms with Crippen molar-refractivity contribution in [1.29, 1.82) is 0 Å². The van der Waals surface area contributed by atoms with E-state index in [2.05, 4.69) is 22.0 Å². The van der Waals surface area contributed by atoms with Gasteiger partial charge in [-0.15, -0.1) is 0 Å². The van der Waals surface area contributed by atoms with Crippen LogP contribution in [0.15, 0.2) is 49.1 Å². The second kappa shape index (κ2) is 9.43. The number of likely N-dealkylation sites (tertiary alicyclic amines) is 1. The highest BCUT2D eigenvalue weighted by Crippen LogP contribution is 2.34. The molecule has 1 fully saturated rings. The summed E-state index contributed by atoms with van der Waals surface area (Å²) in [5, 5.41) is 6.37. The van der Waals surface area contributed by atoms with E-state index in [-0.39, 0.29) is 17.1 Å². The molecule has 5 rings (SSSR count). The normalized spacial score (nSPS) is 14.5. The van der Waals surface area contributed by atoms with Crippen LogP contribution in [0.3, 0.4) is 0 Å². The molecule has 0 aliphatic carbocycles. The first-order chi connectivity index (χ1) is 17.7. The molecule has 2 aromatic carbocycles. The smallest absolute Gasteiger partial charge is 0.405 e. The predicted molar refractivity (Wildman–Crippen MR) is 130 cm³/mol. The van der Waals surface area contributed by atoms with E-state index in [1.54, 1.807) is 23.0 Å². The zero-order chi connectivity index (χ0) is 26.3. The fourth-order valence-electron chi connectivity index (χ4n) is 4.45. The molecule has 9 nitrogen and oxygen atoms in total. The summed E-state index contributed by atoms with van der Waals surface area (Å²) in [4.78, 5) is 19.3. The summed E-state index contributed by atoms with van der Waals surface area (Å²) in [5.74, 6) is -0.810. The number of amides is 1. The number of imidazole rings is 1. The highest BCUT2D eigenvalue weighted by atomic mass is 19.4. The van der Waals surface area contributed by atoms with Gasteiger partial charge in [-0.05, 0) is 24.7 Å². The standard InChI is InChI=1S/C25H25F3N6O3/c1-32-11-18(12-32)34-10-16(9-31-34)15-4-5-20-19(6-15)30-14-33(20)17-7-21(36-2)23(22(8-17)37-3)24(35)29-13-25(26,27)28/h4-10,14,18H,11-13H2,1-3H3,(H,29,35). The minimum Gasteiger partial charge on any atom is -0.496 e. The number of hydrogen-bond acceptors (Lipinski definition) is 6. The average Bonchev–Trinajstić information content (AvgIpc) is 3.51. The molecular formula is C25H25F3N6O3. The van der Waals surface area contributed by atoms with Gasteiger partial charge >= 0.3 is 6.18 Å². The maximum absolute atomic E-state index is 12.6. The van der Waals surface area contributed by atoms with Crippen LogP contribution in [0.25, 0.3) is 27.8 Å². The van der Waals surface area contributed by atoms with Gasteiger partial charge in [0.2, 0.25) is 0 Å². The lowest BCUT2D eigenvalue weighted by Crippen LogP contribution is -2.45. The Morgan fingerprint density at radius 1 is 1.11 bits per heavy atom. The van der Waals surface area contributed by atoms with E-state index < -0.39 is 18.6 Å². The molecule has 0 bridgehead atoms. The molecule has 1 aliphatic heterocycles. The number of nitrogens with zero attached hydrogens (tertiary/aromatic N) is 5. The van der Waals surface area contributed by atoms with E-state index in [9.17, 15) is 18.0 Å². The fraction of sp³-hybridized carbons (Fsp3) is 0.320. The van der Waals surface area contributed by atoms with Crippen LogP contribution in [0.4, 0.5) is 13.2 Å². The zero-order valence-electron chi connectivity index (χ0n) is 20.4. The van der Waals surface area contributed by atoms with Crippen LogP contribution < -0.4 is 14.8 Å². The van der Waals surface area contributed by atoms with Crippen molar-refractivity contribution in [3.8, 4) is 28.3 Å². The van der Waals surface area contributed by atoms with E-state index in [1.807, 2.05) is 40.6 Å². The SMILES string of the molecule is COc1cc(-n2cnc3cc(-c4cnn(C5CN(C)C5)c4)ccc32)cc(OC)c1C(=O)NCC(F)(F)F. The molecule has 1 amide bonds. The van der Waals surface area contributed by atoms with Crippen molar-refractivity contribution < 1.29 is 27.4 Å². The van der Waals surface area contributed by atoms with Gasteiger partial charge in [0, 0.05) is 37.0 Å². The summed E-state index contributed by atoms with van der Waals surface area (Å²) < 4.78 is 52.3. The summed E-state index contributed by atoms with van der Waals surface area (Å²) in [7, 11) is 4.74. The number of ether oxygens (including phenoxy) is 2. The third-order valence-corrected chi connectivity index (χ3v) is 6.35. The van der Waals surface area contributed by atoms with Gasteiger partial charge < -0.3 is 19.7 Å². The molecule has 194 valence electrons. The van der Waals surface area contributed by atoms with E-state index in [1.165, 1.54) is 14.2 Å². The summed E-state index contributed by atoms with van der Waals surface area (Å²) in [5.41, 5.74) is 3.93. The van der Waals surface area contributed by atoms with Crippen LogP contribution in [0.5, 0.6) is 11.5 Å². The summed E-state index contributed by atoms with van der Waals surface area (Å²) >= 11 is 0. The monoisotopic (exact) mass is 514 g/mol.